The number of aryl methyl sites for hydroxylation is 1. The predicted octanol–water partition coefficient (Wildman–Crippen LogP) is 2.50. The van der Waals surface area contributed by atoms with E-state index in [1.807, 2.05) is 17.9 Å². The largest absolute Gasteiger partial charge is 0.481 e. The van der Waals surface area contributed by atoms with Gasteiger partial charge in [0.15, 0.2) is 5.82 Å². The van der Waals surface area contributed by atoms with Gasteiger partial charge in [-0.1, -0.05) is 12.1 Å². The van der Waals surface area contributed by atoms with Gasteiger partial charge in [-0.25, -0.2) is 4.39 Å². The van der Waals surface area contributed by atoms with Crippen molar-refractivity contribution in [3.8, 4) is 11.3 Å². The number of hydrogen-bond acceptors (Lipinski definition) is 4. The first-order valence-electron chi connectivity index (χ1n) is 7.12. The number of rotatable bonds is 3. The maximum atomic E-state index is 13.3. The van der Waals surface area contributed by atoms with E-state index in [2.05, 4.69) is 10.2 Å². The molecule has 1 unspecified atom stereocenters. The fraction of sp³-hybridized carbons (Fsp3) is 0.312. The summed E-state index contributed by atoms with van der Waals surface area (Å²) in [4.78, 5) is 13.0. The highest BCUT2D eigenvalue weighted by molar-refractivity contribution is 5.72. The Kier molecular flexibility index (Phi) is 3.75. The van der Waals surface area contributed by atoms with Crippen LogP contribution in [-0.2, 0) is 4.79 Å². The third kappa shape index (κ3) is 2.77. The summed E-state index contributed by atoms with van der Waals surface area (Å²) in [6, 6.07) is 8.06. The molecule has 2 heterocycles. The highest BCUT2D eigenvalue weighted by Gasteiger charge is 2.29. The quantitative estimate of drug-likeness (QED) is 0.943. The summed E-state index contributed by atoms with van der Waals surface area (Å²) >= 11 is 0. The number of aromatic nitrogens is 2. The maximum absolute atomic E-state index is 13.3. The second kappa shape index (κ2) is 5.71. The van der Waals surface area contributed by atoms with Gasteiger partial charge in [-0.05, 0) is 37.1 Å². The SMILES string of the molecule is Cc1cc(-c2cccc(F)c2)nnc1N1CCC(C(=O)O)C1. The fourth-order valence-electron chi connectivity index (χ4n) is 2.73. The highest BCUT2D eigenvalue weighted by Crippen LogP contribution is 2.27. The van der Waals surface area contributed by atoms with Gasteiger partial charge in [0.05, 0.1) is 11.6 Å². The molecule has 1 saturated heterocycles. The number of carboxylic acid groups (broad SMARTS) is 1. The lowest BCUT2D eigenvalue weighted by Crippen LogP contribution is -2.24. The molecular formula is C16H16FN3O2. The predicted molar refractivity (Wildman–Crippen MR) is 80.1 cm³/mol. The van der Waals surface area contributed by atoms with E-state index < -0.39 is 5.97 Å². The molecule has 22 heavy (non-hydrogen) atoms. The van der Waals surface area contributed by atoms with E-state index in [0.717, 1.165) is 5.56 Å². The lowest BCUT2D eigenvalue weighted by molar-refractivity contribution is -0.140. The lowest BCUT2D eigenvalue weighted by atomic mass is 10.1. The molecule has 3 rings (SSSR count). The molecule has 1 aliphatic heterocycles. The molecule has 1 aromatic heterocycles. The second-order valence-corrected chi connectivity index (χ2v) is 5.52. The number of anilines is 1. The summed E-state index contributed by atoms with van der Waals surface area (Å²) in [5, 5.41) is 17.4. The van der Waals surface area contributed by atoms with Gasteiger partial charge in [0.25, 0.3) is 0 Å². The molecule has 0 amide bonds. The summed E-state index contributed by atoms with van der Waals surface area (Å²) in [6.07, 6.45) is 0.613. The van der Waals surface area contributed by atoms with Crippen LogP contribution in [0.15, 0.2) is 30.3 Å². The second-order valence-electron chi connectivity index (χ2n) is 5.52. The van der Waals surface area contributed by atoms with E-state index in [-0.39, 0.29) is 11.7 Å². The highest BCUT2D eigenvalue weighted by atomic mass is 19.1. The monoisotopic (exact) mass is 301 g/mol. The molecule has 114 valence electrons. The number of hydrogen-bond donors (Lipinski definition) is 1. The molecule has 0 aliphatic carbocycles. The third-order valence-corrected chi connectivity index (χ3v) is 3.92. The average Bonchev–Trinajstić information content (AvgIpc) is 2.97. The van der Waals surface area contributed by atoms with Crippen molar-refractivity contribution in [2.75, 3.05) is 18.0 Å². The van der Waals surface area contributed by atoms with Gasteiger partial charge < -0.3 is 10.0 Å². The van der Waals surface area contributed by atoms with Crippen molar-refractivity contribution < 1.29 is 14.3 Å². The Labute approximate surface area is 127 Å². The van der Waals surface area contributed by atoms with Gasteiger partial charge in [-0.2, -0.15) is 0 Å². The Bertz CT molecular complexity index is 720. The Morgan fingerprint density at radius 2 is 2.18 bits per heavy atom. The Morgan fingerprint density at radius 1 is 1.36 bits per heavy atom. The van der Waals surface area contributed by atoms with E-state index in [1.54, 1.807) is 12.1 Å². The van der Waals surface area contributed by atoms with Gasteiger partial charge in [-0.15, -0.1) is 10.2 Å². The van der Waals surface area contributed by atoms with Crippen LogP contribution in [0, 0.1) is 18.7 Å². The molecule has 1 aromatic carbocycles. The Hall–Kier alpha value is -2.50. The summed E-state index contributed by atoms with van der Waals surface area (Å²) in [5.41, 5.74) is 2.18. The zero-order chi connectivity index (χ0) is 15.7. The molecule has 0 spiro atoms. The van der Waals surface area contributed by atoms with Crippen molar-refractivity contribution in [3.63, 3.8) is 0 Å². The van der Waals surface area contributed by atoms with E-state index in [1.165, 1.54) is 12.1 Å². The normalized spacial score (nSPS) is 17.7. The first-order chi connectivity index (χ1) is 10.5. The van der Waals surface area contributed by atoms with Gasteiger partial charge in [0.1, 0.15) is 5.82 Å². The van der Waals surface area contributed by atoms with Crippen molar-refractivity contribution in [1.29, 1.82) is 0 Å². The topological polar surface area (TPSA) is 66.3 Å². The number of carboxylic acids is 1. The van der Waals surface area contributed by atoms with Crippen LogP contribution >= 0.6 is 0 Å². The van der Waals surface area contributed by atoms with Crippen molar-refractivity contribution in [1.82, 2.24) is 10.2 Å². The number of carbonyl (C=O) groups is 1. The van der Waals surface area contributed by atoms with Crippen molar-refractivity contribution in [2.45, 2.75) is 13.3 Å². The molecule has 1 fully saturated rings. The summed E-state index contributed by atoms with van der Waals surface area (Å²) < 4.78 is 13.3. The van der Waals surface area contributed by atoms with Gasteiger partial charge in [0.2, 0.25) is 0 Å². The summed E-state index contributed by atoms with van der Waals surface area (Å²) in [6.45, 7) is 3.01. The molecule has 1 aliphatic rings. The smallest absolute Gasteiger partial charge is 0.308 e. The minimum atomic E-state index is -0.774. The van der Waals surface area contributed by atoms with E-state index in [0.29, 0.717) is 36.6 Å². The van der Waals surface area contributed by atoms with Gasteiger partial charge in [0, 0.05) is 18.7 Å². The van der Waals surface area contributed by atoms with Crippen molar-refractivity contribution >= 4 is 11.8 Å². The number of halogens is 1. The van der Waals surface area contributed by atoms with E-state index >= 15 is 0 Å². The van der Waals surface area contributed by atoms with Crippen molar-refractivity contribution in [2.24, 2.45) is 5.92 Å². The number of nitrogens with zero attached hydrogens (tertiary/aromatic N) is 3. The van der Waals surface area contributed by atoms with Crippen LogP contribution in [0.3, 0.4) is 0 Å². The minimum absolute atomic E-state index is 0.315. The van der Waals surface area contributed by atoms with Gasteiger partial charge in [-0.3, -0.25) is 4.79 Å². The zero-order valence-corrected chi connectivity index (χ0v) is 12.2. The first kappa shape index (κ1) is 14.4. The third-order valence-electron chi connectivity index (χ3n) is 3.92. The van der Waals surface area contributed by atoms with E-state index in [9.17, 15) is 9.18 Å². The maximum Gasteiger partial charge on any atom is 0.308 e. The molecule has 1 atom stereocenters. The first-order valence-corrected chi connectivity index (χ1v) is 7.12. The van der Waals surface area contributed by atoms with E-state index in [4.69, 9.17) is 5.11 Å². The summed E-state index contributed by atoms with van der Waals surface area (Å²) in [7, 11) is 0. The molecule has 0 bridgehead atoms. The van der Waals surface area contributed by atoms with Crippen LogP contribution in [0.4, 0.5) is 10.2 Å². The van der Waals surface area contributed by atoms with Crippen LogP contribution in [0.5, 0.6) is 0 Å². The molecule has 0 saturated carbocycles. The lowest BCUT2D eigenvalue weighted by Gasteiger charge is -2.18. The molecule has 5 nitrogen and oxygen atoms in total. The van der Waals surface area contributed by atoms with Crippen LogP contribution < -0.4 is 4.90 Å². The van der Waals surface area contributed by atoms with Crippen LogP contribution in [0.25, 0.3) is 11.3 Å². The zero-order valence-electron chi connectivity index (χ0n) is 12.2. The standard InChI is InChI=1S/C16H16FN3O2/c1-10-7-14(11-3-2-4-13(17)8-11)18-19-15(10)20-6-5-12(9-20)16(21)22/h2-4,7-8,12H,5-6,9H2,1H3,(H,21,22). The number of benzene rings is 1. The molecule has 2 aromatic rings. The Morgan fingerprint density at radius 3 is 2.82 bits per heavy atom. The Balaban J connectivity index is 1.86. The molecule has 1 N–H and O–H groups in total. The van der Waals surface area contributed by atoms with Crippen molar-refractivity contribution in [3.05, 3.63) is 41.7 Å². The van der Waals surface area contributed by atoms with Crippen LogP contribution in [0.2, 0.25) is 0 Å². The number of aliphatic carboxylic acids is 1. The summed E-state index contributed by atoms with van der Waals surface area (Å²) in [5.74, 6) is -0.748. The minimum Gasteiger partial charge on any atom is -0.481 e. The molecular weight excluding hydrogens is 285 g/mol. The van der Waals surface area contributed by atoms with Crippen LogP contribution in [-0.4, -0.2) is 34.4 Å². The van der Waals surface area contributed by atoms with Crippen LogP contribution in [0.1, 0.15) is 12.0 Å². The fourth-order valence-corrected chi connectivity index (χ4v) is 2.73. The molecule has 0 radical (unpaired) electrons. The van der Waals surface area contributed by atoms with Gasteiger partial charge >= 0.3 is 5.97 Å². The molecule has 6 heteroatoms. The average molecular weight is 301 g/mol.